The Morgan fingerprint density at radius 2 is 1.78 bits per heavy atom. The van der Waals surface area contributed by atoms with E-state index in [-0.39, 0.29) is 0 Å². The first kappa shape index (κ1) is 16.3. The van der Waals surface area contributed by atoms with Gasteiger partial charge >= 0.3 is 11.9 Å². The molecule has 5 N–H and O–H groups in total. The van der Waals surface area contributed by atoms with Gasteiger partial charge in [-0.15, -0.1) is 0 Å². The number of carbonyl (C=O) groups is 3. The number of amides is 1. The molecule has 0 saturated carbocycles. The lowest BCUT2D eigenvalue weighted by Crippen LogP contribution is -2.51. The summed E-state index contributed by atoms with van der Waals surface area (Å²) in [5.41, 5.74) is 5.20. The topological polar surface area (TPSA) is 164 Å². The summed E-state index contributed by atoms with van der Waals surface area (Å²) in [6.07, 6.45) is 0.128. The third kappa shape index (κ3) is 6.81. The van der Waals surface area contributed by atoms with E-state index in [1.807, 2.05) is 5.32 Å². The van der Waals surface area contributed by atoms with Gasteiger partial charge in [0.15, 0.2) is 0 Å². The van der Waals surface area contributed by atoms with E-state index in [2.05, 4.69) is 0 Å². The molecule has 0 heterocycles. The van der Waals surface area contributed by atoms with Crippen LogP contribution in [0.2, 0.25) is 0 Å². The van der Waals surface area contributed by atoms with Crippen LogP contribution in [0.4, 0.5) is 0 Å². The number of nitrogens with one attached hydrogen (secondary N) is 1. The second-order valence-corrected chi connectivity index (χ2v) is 5.88. The summed E-state index contributed by atoms with van der Waals surface area (Å²) < 4.78 is 21.9. The number of sulfone groups is 1. The Morgan fingerprint density at radius 1 is 1.28 bits per heavy atom. The fourth-order valence-electron chi connectivity index (χ4n) is 1.04. The molecule has 10 heteroatoms. The van der Waals surface area contributed by atoms with E-state index in [1.54, 1.807) is 0 Å². The zero-order valence-corrected chi connectivity index (χ0v) is 10.3. The average molecular weight is 282 g/mol. The van der Waals surface area contributed by atoms with Crippen molar-refractivity contribution in [3.05, 3.63) is 0 Å². The van der Waals surface area contributed by atoms with E-state index in [1.165, 1.54) is 0 Å². The van der Waals surface area contributed by atoms with E-state index in [9.17, 15) is 22.8 Å². The van der Waals surface area contributed by atoms with Crippen molar-refractivity contribution < 1.29 is 33.0 Å². The maximum atomic E-state index is 11.3. The smallest absolute Gasteiger partial charge is 0.327 e. The summed E-state index contributed by atoms with van der Waals surface area (Å²) >= 11 is 0. The summed E-state index contributed by atoms with van der Waals surface area (Å²) in [5, 5.41) is 19.0. The Balaban J connectivity index is 4.65. The number of hydrogen-bond acceptors (Lipinski definition) is 6. The molecule has 0 spiro atoms. The molecule has 9 nitrogen and oxygen atoms in total. The van der Waals surface area contributed by atoms with E-state index in [0.717, 1.165) is 6.26 Å². The predicted molar refractivity (Wildman–Crippen MR) is 59.5 cm³/mol. The highest BCUT2D eigenvalue weighted by atomic mass is 32.2. The summed E-state index contributed by atoms with van der Waals surface area (Å²) in [6.45, 7) is 0. The van der Waals surface area contributed by atoms with Crippen LogP contribution < -0.4 is 11.1 Å². The monoisotopic (exact) mass is 282 g/mol. The van der Waals surface area contributed by atoms with Crippen LogP contribution in [0, 0.1) is 0 Å². The molecule has 0 aromatic carbocycles. The third-order valence-electron chi connectivity index (χ3n) is 1.82. The standard InChI is InChI=1S/C8H14N2O7S/c1-18(16,17)3-5(8(14)15)10-7(13)4(9)2-6(11)12/h4-5H,2-3,9H2,1H3,(H,10,13)(H,11,12)(H,14,15)/t4-,5-/m0/s1. The SMILES string of the molecule is CS(=O)(=O)C[C@H](NC(=O)[C@@H](N)CC(=O)O)C(=O)O. The number of carboxylic acids is 2. The molecule has 18 heavy (non-hydrogen) atoms. The van der Waals surface area contributed by atoms with Crippen LogP contribution in [-0.2, 0) is 24.2 Å². The molecule has 0 aliphatic heterocycles. The van der Waals surface area contributed by atoms with Gasteiger partial charge in [0.25, 0.3) is 0 Å². The number of carbonyl (C=O) groups excluding carboxylic acids is 1. The fourth-order valence-corrected chi connectivity index (χ4v) is 1.87. The van der Waals surface area contributed by atoms with Crippen molar-refractivity contribution in [2.45, 2.75) is 18.5 Å². The van der Waals surface area contributed by atoms with Crippen molar-refractivity contribution in [1.82, 2.24) is 5.32 Å². The Labute approximate surface area is 103 Å². The molecule has 0 fully saturated rings. The molecule has 0 aliphatic carbocycles. The molecular formula is C8H14N2O7S. The van der Waals surface area contributed by atoms with Crippen molar-refractivity contribution >= 4 is 27.7 Å². The molecule has 104 valence electrons. The van der Waals surface area contributed by atoms with Gasteiger partial charge in [0.05, 0.1) is 18.2 Å². The Kier molecular flexibility index (Phi) is 5.72. The fraction of sp³-hybridized carbons (Fsp3) is 0.625. The van der Waals surface area contributed by atoms with Gasteiger partial charge in [0.2, 0.25) is 5.91 Å². The zero-order chi connectivity index (χ0) is 14.5. The van der Waals surface area contributed by atoms with Crippen molar-refractivity contribution in [1.29, 1.82) is 0 Å². The van der Waals surface area contributed by atoms with E-state index >= 15 is 0 Å². The van der Waals surface area contributed by atoms with Crippen LogP contribution in [-0.4, -0.2) is 60.6 Å². The van der Waals surface area contributed by atoms with Gasteiger partial charge in [-0.05, 0) is 0 Å². The minimum Gasteiger partial charge on any atom is -0.481 e. The van der Waals surface area contributed by atoms with Crippen LogP contribution >= 0.6 is 0 Å². The van der Waals surface area contributed by atoms with Gasteiger partial charge in [-0.25, -0.2) is 13.2 Å². The van der Waals surface area contributed by atoms with Crippen molar-refractivity contribution in [2.24, 2.45) is 5.73 Å². The minimum absolute atomic E-state index is 0.683. The largest absolute Gasteiger partial charge is 0.481 e. The summed E-state index contributed by atoms with van der Waals surface area (Å²) in [5.74, 6) is -4.70. The molecule has 0 saturated heterocycles. The highest BCUT2D eigenvalue weighted by molar-refractivity contribution is 7.90. The highest BCUT2D eigenvalue weighted by Gasteiger charge is 2.27. The maximum absolute atomic E-state index is 11.3. The number of hydrogen-bond donors (Lipinski definition) is 4. The quantitative estimate of drug-likeness (QED) is 0.395. The third-order valence-corrected chi connectivity index (χ3v) is 2.75. The summed E-state index contributed by atoms with van der Waals surface area (Å²) in [6, 6.07) is -3.10. The first-order chi connectivity index (χ1) is 8.03. The number of aliphatic carboxylic acids is 2. The molecule has 0 rings (SSSR count). The molecular weight excluding hydrogens is 268 g/mol. The minimum atomic E-state index is -3.62. The van der Waals surface area contributed by atoms with E-state index < -0.39 is 51.9 Å². The highest BCUT2D eigenvalue weighted by Crippen LogP contribution is 1.95. The van der Waals surface area contributed by atoms with Crippen LogP contribution in [0.15, 0.2) is 0 Å². The van der Waals surface area contributed by atoms with Crippen molar-refractivity contribution in [3.8, 4) is 0 Å². The second kappa shape index (κ2) is 6.31. The molecule has 0 unspecified atom stereocenters. The van der Waals surface area contributed by atoms with Gasteiger partial charge in [-0.3, -0.25) is 9.59 Å². The molecule has 1 amide bonds. The van der Waals surface area contributed by atoms with Crippen LogP contribution in [0.1, 0.15) is 6.42 Å². The normalized spacial score (nSPS) is 14.6. The summed E-state index contributed by atoms with van der Waals surface area (Å²) in [7, 11) is -3.62. The van der Waals surface area contributed by atoms with E-state index in [4.69, 9.17) is 15.9 Å². The first-order valence-electron chi connectivity index (χ1n) is 4.71. The van der Waals surface area contributed by atoms with Crippen molar-refractivity contribution in [2.75, 3.05) is 12.0 Å². The Hall–Kier alpha value is -1.68. The molecule has 0 bridgehead atoms. The molecule has 0 aromatic heterocycles. The summed E-state index contributed by atoms with van der Waals surface area (Å²) in [4.78, 5) is 32.3. The van der Waals surface area contributed by atoms with Crippen LogP contribution in [0.3, 0.4) is 0 Å². The number of rotatable bonds is 7. The zero-order valence-electron chi connectivity index (χ0n) is 9.49. The second-order valence-electron chi connectivity index (χ2n) is 3.70. The lowest BCUT2D eigenvalue weighted by molar-refractivity contribution is -0.142. The number of nitrogens with two attached hydrogens (primary N) is 1. The maximum Gasteiger partial charge on any atom is 0.327 e. The average Bonchev–Trinajstić information content (AvgIpc) is 2.12. The van der Waals surface area contributed by atoms with Gasteiger partial charge in [0, 0.05) is 6.26 Å². The molecule has 0 radical (unpaired) electrons. The van der Waals surface area contributed by atoms with Crippen molar-refractivity contribution in [3.63, 3.8) is 0 Å². The molecule has 2 atom stereocenters. The van der Waals surface area contributed by atoms with E-state index in [0.29, 0.717) is 0 Å². The van der Waals surface area contributed by atoms with Gasteiger partial charge in [0.1, 0.15) is 15.9 Å². The van der Waals surface area contributed by atoms with Gasteiger partial charge < -0.3 is 21.3 Å². The Bertz CT molecular complexity index is 444. The lowest BCUT2D eigenvalue weighted by atomic mass is 10.2. The molecule has 0 aliphatic rings. The lowest BCUT2D eigenvalue weighted by Gasteiger charge is -2.16. The predicted octanol–water partition coefficient (Wildman–Crippen LogP) is -2.60. The van der Waals surface area contributed by atoms with Gasteiger partial charge in [-0.2, -0.15) is 0 Å². The molecule has 0 aromatic rings. The first-order valence-corrected chi connectivity index (χ1v) is 6.77. The van der Waals surface area contributed by atoms with Crippen LogP contribution in [0.25, 0.3) is 0 Å². The Morgan fingerprint density at radius 3 is 2.11 bits per heavy atom. The van der Waals surface area contributed by atoms with Crippen LogP contribution in [0.5, 0.6) is 0 Å². The van der Waals surface area contributed by atoms with Gasteiger partial charge in [-0.1, -0.05) is 0 Å². The number of carboxylic acid groups (broad SMARTS) is 2.